The highest BCUT2D eigenvalue weighted by molar-refractivity contribution is 5.99. The van der Waals surface area contributed by atoms with Gasteiger partial charge in [-0.15, -0.1) is 0 Å². The summed E-state index contributed by atoms with van der Waals surface area (Å²) < 4.78 is 54.4. The Hall–Kier alpha value is -3.69. The number of H-pyrrole nitrogens is 1. The number of nitrogens with zero attached hydrogens (tertiary/aromatic N) is 2. The maximum absolute atomic E-state index is 12.4. The lowest BCUT2D eigenvalue weighted by molar-refractivity contribution is -0.201. The quantitative estimate of drug-likeness (QED) is 0.474. The van der Waals surface area contributed by atoms with Crippen LogP contribution in [0.2, 0.25) is 0 Å². The largest absolute Gasteiger partial charge is 0.493 e. The van der Waals surface area contributed by atoms with Crippen molar-refractivity contribution in [2.45, 2.75) is 12.8 Å². The van der Waals surface area contributed by atoms with E-state index >= 15 is 0 Å². The van der Waals surface area contributed by atoms with Gasteiger partial charge in [0.25, 0.3) is 0 Å². The number of nitrogens with one attached hydrogen (secondary N) is 1. The van der Waals surface area contributed by atoms with Crippen molar-refractivity contribution in [1.29, 1.82) is 0 Å². The molecule has 7 nitrogen and oxygen atoms in total. The zero-order chi connectivity index (χ0) is 22.3. The van der Waals surface area contributed by atoms with Gasteiger partial charge in [0, 0.05) is 53.1 Å². The van der Waals surface area contributed by atoms with Crippen LogP contribution in [-0.2, 0) is 23.2 Å². The molecule has 1 N–H and O–H groups in total. The number of fused-ring (bicyclic) bond motifs is 2. The summed E-state index contributed by atoms with van der Waals surface area (Å²) in [7, 11) is 5.00. The number of hydrogen-bond acceptors (Lipinski definition) is 5. The van der Waals surface area contributed by atoms with Crippen LogP contribution in [-0.4, -0.2) is 40.9 Å². The summed E-state index contributed by atoms with van der Waals surface area (Å²) in [5, 5.41) is 1.45. The number of ether oxygens (including phenoxy) is 3. The molecule has 0 aliphatic rings. The Balaban J connectivity index is 1.77. The first kappa shape index (κ1) is 20.6. The van der Waals surface area contributed by atoms with Crippen LogP contribution >= 0.6 is 0 Å². The molecule has 0 atom stereocenters. The monoisotopic (exact) mass is 433 g/mol. The molecule has 10 heteroatoms. The predicted molar refractivity (Wildman–Crippen MR) is 107 cm³/mol. The molecule has 1 aromatic carbocycles. The van der Waals surface area contributed by atoms with Crippen molar-refractivity contribution < 1.29 is 32.2 Å². The Kier molecular flexibility index (Phi) is 5.00. The molecule has 0 fully saturated rings. The van der Waals surface area contributed by atoms with Crippen LogP contribution in [0.15, 0.2) is 36.7 Å². The second-order valence-corrected chi connectivity index (χ2v) is 6.87. The number of carbonyl (C=O) groups is 1. The summed E-state index contributed by atoms with van der Waals surface area (Å²) in [6.07, 6.45) is -1.69. The van der Waals surface area contributed by atoms with Gasteiger partial charge in [-0.25, -0.2) is 9.78 Å². The van der Waals surface area contributed by atoms with Crippen LogP contribution in [0.5, 0.6) is 11.5 Å². The highest BCUT2D eigenvalue weighted by atomic mass is 19.4. The Bertz CT molecular complexity index is 1290. The minimum absolute atomic E-state index is 0.407. The lowest BCUT2D eigenvalue weighted by Gasteiger charge is -2.08. The first-order valence-electron chi connectivity index (χ1n) is 9.15. The molecule has 0 spiro atoms. The van der Waals surface area contributed by atoms with E-state index in [1.165, 1.54) is 12.3 Å². The fourth-order valence-corrected chi connectivity index (χ4v) is 3.50. The highest BCUT2D eigenvalue weighted by Crippen LogP contribution is 2.38. The molecule has 0 amide bonds. The van der Waals surface area contributed by atoms with Gasteiger partial charge in [-0.05, 0) is 18.2 Å². The van der Waals surface area contributed by atoms with Gasteiger partial charge in [0.2, 0.25) is 0 Å². The third kappa shape index (κ3) is 3.65. The average Bonchev–Trinajstić information content (AvgIpc) is 3.31. The van der Waals surface area contributed by atoms with E-state index < -0.39 is 18.8 Å². The zero-order valence-electron chi connectivity index (χ0n) is 16.8. The van der Waals surface area contributed by atoms with Gasteiger partial charge in [-0.3, -0.25) is 0 Å². The van der Waals surface area contributed by atoms with Gasteiger partial charge in [0.15, 0.2) is 11.5 Å². The van der Waals surface area contributed by atoms with Crippen LogP contribution in [0.1, 0.15) is 5.56 Å². The Morgan fingerprint density at radius 2 is 1.84 bits per heavy atom. The van der Waals surface area contributed by atoms with Gasteiger partial charge < -0.3 is 23.8 Å². The number of methoxy groups -OCH3 is 2. The molecule has 0 radical (unpaired) electrons. The number of aromatic amines is 1. The fraction of sp³-hybridized carbons (Fsp3) is 0.238. The van der Waals surface area contributed by atoms with Crippen molar-refractivity contribution >= 4 is 27.9 Å². The first-order valence-corrected chi connectivity index (χ1v) is 9.15. The SMILES string of the molecule is COc1cc2c(-c3cc4c(COC(=O)C(F)(F)F)ccnc4[nH]3)cn(C)c2cc1OC. The number of aromatic nitrogens is 3. The van der Waals surface area contributed by atoms with E-state index in [4.69, 9.17) is 9.47 Å². The van der Waals surface area contributed by atoms with E-state index in [-0.39, 0.29) is 0 Å². The molecule has 0 saturated carbocycles. The first-order chi connectivity index (χ1) is 14.7. The minimum Gasteiger partial charge on any atom is -0.493 e. The molecule has 4 rings (SSSR count). The van der Waals surface area contributed by atoms with Gasteiger partial charge in [-0.1, -0.05) is 0 Å². The number of aryl methyl sites for hydroxylation is 1. The van der Waals surface area contributed by atoms with Crippen molar-refractivity contribution in [3.63, 3.8) is 0 Å². The lowest BCUT2D eigenvalue weighted by atomic mass is 10.1. The number of hydrogen-bond donors (Lipinski definition) is 1. The molecule has 0 saturated heterocycles. The van der Waals surface area contributed by atoms with Crippen molar-refractivity contribution in [2.24, 2.45) is 7.05 Å². The molecule has 3 heterocycles. The number of alkyl halides is 3. The van der Waals surface area contributed by atoms with E-state index in [1.807, 2.05) is 29.9 Å². The normalized spacial score (nSPS) is 11.8. The third-order valence-corrected chi connectivity index (χ3v) is 5.00. The molecule has 162 valence electrons. The summed E-state index contributed by atoms with van der Waals surface area (Å²) in [5.74, 6) is -1.07. The van der Waals surface area contributed by atoms with Gasteiger partial charge in [0.1, 0.15) is 12.3 Å². The third-order valence-electron chi connectivity index (χ3n) is 5.00. The maximum atomic E-state index is 12.4. The molecule has 0 unspecified atom stereocenters. The number of benzene rings is 1. The second-order valence-electron chi connectivity index (χ2n) is 6.87. The van der Waals surface area contributed by atoms with E-state index in [0.29, 0.717) is 33.8 Å². The number of rotatable bonds is 5. The van der Waals surface area contributed by atoms with Crippen LogP contribution in [0.4, 0.5) is 13.2 Å². The second kappa shape index (κ2) is 7.53. The summed E-state index contributed by atoms with van der Waals surface area (Å²) in [5.41, 5.74) is 3.32. The van der Waals surface area contributed by atoms with E-state index in [9.17, 15) is 18.0 Å². The van der Waals surface area contributed by atoms with Gasteiger partial charge >= 0.3 is 12.1 Å². The summed E-state index contributed by atoms with van der Waals surface area (Å²) in [4.78, 5) is 18.5. The molecule has 31 heavy (non-hydrogen) atoms. The molecular formula is C21H18F3N3O4. The topological polar surface area (TPSA) is 78.4 Å². The Labute approximate surface area is 174 Å². The zero-order valence-corrected chi connectivity index (χ0v) is 16.8. The van der Waals surface area contributed by atoms with E-state index in [0.717, 1.165) is 16.5 Å². The smallest absolute Gasteiger partial charge is 0.490 e. The molecule has 0 bridgehead atoms. The van der Waals surface area contributed by atoms with Crippen molar-refractivity contribution in [2.75, 3.05) is 14.2 Å². The highest BCUT2D eigenvalue weighted by Gasteiger charge is 2.41. The van der Waals surface area contributed by atoms with Crippen molar-refractivity contribution in [3.8, 4) is 22.8 Å². The maximum Gasteiger partial charge on any atom is 0.490 e. The van der Waals surface area contributed by atoms with Gasteiger partial charge in [0.05, 0.1) is 19.7 Å². The fourth-order valence-electron chi connectivity index (χ4n) is 3.50. The molecule has 4 aromatic rings. The van der Waals surface area contributed by atoms with Gasteiger partial charge in [-0.2, -0.15) is 13.2 Å². The van der Waals surface area contributed by atoms with Crippen molar-refractivity contribution in [3.05, 3.63) is 42.2 Å². The van der Waals surface area contributed by atoms with E-state index in [1.54, 1.807) is 20.3 Å². The van der Waals surface area contributed by atoms with Crippen LogP contribution in [0.25, 0.3) is 33.2 Å². The number of halogens is 3. The number of carbonyl (C=O) groups excluding carboxylic acids is 1. The summed E-state index contributed by atoms with van der Waals surface area (Å²) in [6, 6.07) is 7.00. The minimum atomic E-state index is -5.04. The van der Waals surface area contributed by atoms with E-state index in [2.05, 4.69) is 14.7 Å². The standard InChI is InChI=1S/C21H18F3N3O4/c1-27-9-14(13-7-17(29-2)18(30-3)8-16(13)27)15-6-12-11(4-5-25-19(12)26-15)10-31-20(28)21(22,23)24/h4-9H,10H2,1-3H3,(H,25,26). The predicted octanol–water partition coefficient (Wildman–Crippen LogP) is 4.34. The lowest BCUT2D eigenvalue weighted by Crippen LogP contribution is -2.25. The molecule has 3 aromatic heterocycles. The summed E-state index contributed by atoms with van der Waals surface area (Å²) in [6.45, 7) is -0.519. The molecule has 0 aliphatic carbocycles. The number of esters is 1. The average molecular weight is 433 g/mol. The molecule has 0 aliphatic heterocycles. The van der Waals surface area contributed by atoms with Crippen LogP contribution in [0.3, 0.4) is 0 Å². The number of pyridine rings is 1. The van der Waals surface area contributed by atoms with Crippen LogP contribution in [0, 0.1) is 0 Å². The summed E-state index contributed by atoms with van der Waals surface area (Å²) >= 11 is 0. The van der Waals surface area contributed by atoms with Crippen LogP contribution < -0.4 is 9.47 Å². The Morgan fingerprint density at radius 1 is 1.13 bits per heavy atom. The van der Waals surface area contributed by atoms with Crippen molar-refractivity contribution in [1.82, 2.24) is 14.5 Å². The Morgan fingerprint density at radius 3 is 2.52 bits per heavy atom. The molecular weight excluding hydrogens is 415 g/mol.